The van der Waals surface area contributed by atoms with Crippen LogP contribution in [0.5, 0.6) is 0 Å². The van der Waals surface area contributed by atoms with Gasteiger partial charge in [-0.3, -0.25) is 0 Å². The maximum atomic E-state index is 10.9. The largest absolute Gasteiger partial charge is 0.409 e. The topological polar surface area (TPSA) is 96.0 Å². The van der Waals surface area contributed by atoms with Gasteiger partial charge in [0.05, 0.1) is 5.75 Å². The smallest absolute Gasteiger partial charge is 0.148 e. The minimum absolute atomic E-state index is 0.0976. The summed E-state index contributed by atoms with van der Waals surface area (Å²) >= 11 is 0. The zero-order valence-electron chi connectivity index (χ0n) is 9.34. The molecule has 0 bridgehead atoms. The van der Waals surface area contributed by atoms with Gasteiger partial charge in [0, 0.05) is 25.3 Å². The molecule has 0 aromatic rings. The molecule has 0 aliphatic rings. The summed E-state index contributed by atoms with van der Waals surface area (Å²) < 4.78 is 21.8. The van der Waals surface area contributed by atoms with E-state index in [2.05, 4.69) is 5.16 Å². The highest BCUT2D eigenvalue weighted by Crippen LogP contribution is 1.98. The second-order valence-corrected chi connectivity index (χ2v) is 6.08. The predicted octanol–water partition coefficient (Wildman–Crippen LogP) is -0.655. The molecule has 0 spiro atoms. The lowest BCUT2D eigenvalue weighted by Gasteiger charge is -2.19. The second kappa shape index (κ2) is 5.92. The van der Waals surface area contributed by atoms with Crippen molar-refractivity contribution in [1.82, 2.24) is 4.90 Å². The maximum absolute atomic E-state index is 10.9. The van der Waals surface area contributed by atoms with Gasteiger partial charge in [0.15, 0.2) is 0 Å². The van der Waals surface area contributed by atoms with Crippen LogP contribution in [0.4, 0.5) is 0 Å². The summed E-state index contributed by atoms with van der Waals surface area (Å²) in [5.74, 6) is 0.174. The lowest BCUT2D eigenvalue weighted by atomic mass is 10.1. The van der Waals surface area contributed by atoms with E-state index in [1.165, 1.54) is 6.26 Å². The van der Waals surface area contributed by atoms with E-state index in [1.807, 2.05) is 11.8 Å². The van der Waals surface area contributed by atoms with Crippen LogP contribution in [0.2, 0.25) is 0 Å². The molecule has 0 aliphatic heterocycles. The molecule has 0 saturated carbocycles. The Balaban J connectivity index is 3.99. The summed E-state index contributed by atoms with van der Waals surface area (Å²) in [6.07, 6.45) is 1.20. The molecule has 1 unspecified atom stereocenters. The third-order valence-corrected chi connectivity index (χ3v) is 2.97. The van der Waals surface area contributed by atoms with Crippen LogP contribution in [0.25, 0.3) is 0 Å². The van der Waals surface area contributed by atoms with Crippen molar-refractivity contribution in [1.29, 1.82) is 0 Å². The molecule has 0 rings (SSSR count). The Morgan fingerprint density at radius 3 is 2.53 bits per heavy atom. The van der Waals surface area contributed by atoms with Crippen molar-refractivity contribution in [2.24, 2.45) is 16.8 Å². The molecule has 0 aliphatic carbocycles. The SMILES string of the molecule is CC(CN(C)CCS(C)(=O)=O)C(N)=NO. The first kappa shape index (κ1) is 14.2. The van der Waals surface area contributed by atoms with Gasteiger partial charge < -0.3 is 15.8 Å². The quantitative estimate of drug-likeness (QED) is 0.277. The van der Waals surface area contributed by atoms with E-state index in [1.54, 1.807) is 7.05 Å². The average Bonchev–Trinajstić information content (AvgIpc) is 2.12. The van der Waals surface area contributed by atoms with Gasteiger partial charge in [-0.2, -0.15) is 0 Å². The van der Waals surface area contributed by atoms with Crippen LogP contribution in [0.1, 0.15) is 6.92 Å². The minimum Gasteiger partial charge on any atom is -0.409 e. The van der Waals surface area contributed by atoms with Gasteiger partial charge in [0.2, 0.25) is 0 Å². The Labute approximate surface area is 90.7 Å². The molecule has 0 heterocycles. The first-order valence-electron chi connectivity index (χ1n) is 4.60. The lowest BCUT2D eigenvalue weighted by Crippen LogP contribution is -2.35. The summed E-state index contributed by atoms with van der Waals surface area (Å²) in [5, 5.41) is 11.3. The Morgan fingerprint density at radius 2 is 2.13 bits per heavy atom. The summed E-state index contributed by atoms with van der Waals surface area (Å²) in [5.41, 5.74) is 5.40. The molecular formula is C8H19N3O3S. The fourth-order valence-corrected chi connectivity index (χ4v) is 1.72. The molecule has 1 atom stereocenters. The molecule has 0 aromatic carbocycles. The van der Waals surface area contributed by atoms with Gasteiger partial charge in [0.25, 0.3) is 0 Å². The Bertz CT molecular complexity index is 313. The summed E-state index contributed by atoms with van der Waals surface area (Å²) in [6.45, 7) is 2.82. The molecular weight excluding hydrogens is 218 g/mol. The van der Waals surface area contributed by atoms with Gasteiger partial charge in [-0.15, -0.1) is 0 Å². The Kier molecular flexibility index (Phi) is 5.59. The summed E-state index contributed by atoms with van der Waals surface area (Å²) in [6, 6.07) is 0. The van der Waals surface area contributed by atoms with Crippen molar-refractivity contribution >= 4 is 15.7 Å². The van der Waals surface area contributed by atoms with Crippen LogP contribution in [0.3, 0.4) is 0 Å². The zero-order chi connectivity index (χ0) is 12.1. The molecule has 0 radical (unpaired) electrons. The van der Waals surface area contributed by atoms with Crippen LogP contribution >= 0.6 is 0 Å². The van der Waals surface area contributed by atoms with Gasteiger partial charge in [-0.25, -0.2) is 8.42 Å². The van der Waals surface area contributed by atoms with E-state index in [4.69, 9.17) is 10.9 Å². The van der Waals surface area contributed by atoms with Crippen LogP contribution < -0.4 is 5.73 Å². The first-order chi connectivity index (χ1) is 6.76. The predicted molar refractivity (Wildman–Crippen MR) is 59.8 cm³/mol. The van der Waals surface area contributed by atoms with Crippen molar-refractivity contribution < 1.29 is 13.6 Å². The molecule has 0 aromatic heterocycles. The molecule has 6 nitrogen and oxygen atoms in total. The third-order valence-electron chi connectivity index (χ3n) is 2.05. The van der Waals surface area contributed by atoms with E-state index in [9.17, 15) is 8.42 Å². The van der Waals surface area contributed by atoms with Crippen molar-refractivity contribution in [3.8, 4) is 0 Å². The molecule has 0 fully saturated rings. The van der Waals surface area contributed by atoms with Crippen molar-refractivity contribution in [2.45, 2.75) is 6.92 Å². The fraction of sp³-hybridized carbons (Fsp3) is 0.875. The molecule has 0 saturated heterocycles. The second-order valence-electron chi connectivity index (χ2n) is 3.82. The van der Waals surface area contributed by atoms with Crippen LogP contribution in [0, 0.1) is 5.92 Å². The Hall–Kier alpha value is -0.820. The van der Waals surface area contributed by atoms with Crippen LogP contribution in [-0.2, 0) is 9.84 Å². The monoisotopic (exact) mass is 237 g/mol. The van der Waals surface area contributed by atoms with E-state index < -0.39 is 9.84 Å². The van der Waals surface area contributed by atoms with E-state index in [0.29, 0.717) is 13.1 Å². The fourth-order valence-electron chi connectivity index (χ4n) is 1.07. The highest BCUT2D eigenvalue weighted by atomic mass is 32.2. The van der Waals surface area contributed by atoms with Gasteiger partial charge >= 0.3 is 0 Å². The number of rotatable bonds is 6. The maximum Gasteiger partial charge on any atom is 0.148 e. The van der Waals surface area contributed by atoms with Gasteiger partial charge in [-0.05, 0) is 7.05 Å². The molecule has 90 valence electrons. The molecule has 0 amide bonds. The molecule has 3 N–H and O–H groups in total. The third kappa shape index (κ3) is 7.15. The van der Waals surface area contributed by atoms with E-state index in [0.717, 1.165) is 0 Å². The summed E-state index contributed by atoms with van der Waals surface area (Å²) in [4.78, 5) is 1.84. The normalized spacial score (nSPS) is 15.6. The molecule has 15 heavy (non-hydrogen) atoms. The number of hydrogen-bond acceptors (Lipinski definition) is 5. The number of amidine groups is 1. The van der Waals surface area contributed by atoms with E-state index >= 15 is 0 Å². The minimum atomic E-state index is -2.93. The number of oxime groups is 1. The number of sulfone groups is 1. The van der Waals surface area contributed by atoms with Crippen LogP contribution in [-0.4, -0.2) is 56.5 Å². The first-order valence-corrected chi connectivity index (χ1v) is 6.66. The average molecular weight is 237 g/mol. The number of hydrogen-bond donors (Lipinski definition) is 2. The molecule has 7 heteroatoms. The zero-order valence-corrected chi connectivity index (χ0v) is 10.2. The van der Waals surface area contributed by atoms with Crippen molar-refractivity contribution in [3.63, 3.8) is 0 Å². The standard InChI is InChI=1S/C8H19N3O3S/c1-7(8(9)10-12)6-11(2)4-5-15(3,13)14/h7,12H,4-6H2,1-3H3,(H2,9,10). The Morgan fingerprint density at radius 1 is 1.60 bits per heavy atom. The van der Waals surface area contributed by atoms with Crippen molar-refractivity contribution in [2.75, 3.05) is 32.1 Å². The lowest BCUT2D eigenvalue weighted by molar-refractivity contribution is 0.301. The highest BCUT2D eigenvalue weighted by Gasteiger charge is 2.12. The van der Waals surface area contributed by atoms with E-state index in [-0.39, 0.29) is 17.5 Å². The van der Waals surface area contributed by atoms with Crippen molar-refractivity contribution in [3.05, 3.63) is 0 Å². The van der Waals surface area contributed by atoms with Gasteiger partial charge in [0.1, 0.15) is 15.7 Å². The number of nitrogens with zero attached hydrogens (tertiary/aromatic N) is 2. The number of nitrogens with two attached hydrogens (primary N) is 1. The van der Waals surface area contributed by atoms with Gasteiger partial charge in [-0.1, -0.05) is 12.1 Å². The van der Waals surface area contributed by atoms with Crippen LogP contribution in [0.15, 0.2) is 5.16 Å². The summed E-state index contributed by atoms with van der Waals surface area (Å²) in [7, 11) is -1.14. The highest BCUT2D eigenvalue weighted by molar-refractivity contribution is 7.90.